The summed E-state index contributed by atoms with van der Waals surface area (Å²) in [6.45, 7) is -0.522. The third kappa shape index (κ3) is 4.77. The van der Waals surface area contributed by atoms with Crippen LogP contribution in [0, 0.1) is 0 Å². The Morgan fingerprint density at radius 3 is 1.15 bits per heavy atom. The van der Waals surface area contributed by atoms with Crippen LogP contribution in [0.2, 0.25) is 0 Å². The number of fused-ring (bicyclic) bond motifs is 21. The first kappa shape index (κ1) is 33.3. The van der Waals surface area contributed by atoms with E-state index in [2.05, 4.69) is 176 Å². The lowest BCUT2D eigenvalue weighted by molar-refractivity contribution is 1.26. The zero-order chi connectivity index (χ0) is 39.3. The highest BCUT2D eigenvalue weighted by atomic mass is 15.3. The molecule has 3 aromatic heterocycles. The van der Waals surface area contributed by atoms with Crippen molar-refractivity contribution in [2.45, 2.75) is 0 Å². The maximum atomic E-state index is 4.84. The van der Waals surface area contributed by atoms with Crippen molar-refractivity contribution < 1.29 is 0 Å². The highest BCUT2D eigenvalue weighted by Gasteiger charge is 2.61. The summed E-state index contributed by atoms with van der Waals surface area (Å²) in [6.07, 6.45) is 9.52. The lowest BCUT2D eigenvalue weighted by Gasteiger charge is -2.61. The van der Waals surface area contributed by atoms with Gasteiger partial charge < -0.3 is 14.2 Å². The van der Waals surface area contributed by atoms with Crippen LogP contribution in [0.25, 0.3) is 66.9 Å². The summed E-state index contributed by atoms with van der Waals surface area (Å²) in [4.78, 5) is 13.9. The van der Waals surface area contributed by atoms with Gasteiger partial charge in [0.2, 0.25) is 0 Å². The summed E-state index contributed by atoms with van der Waals surface area (Å²) >= 11 is 0. The molecule has 276 valence electrons. The predicted molar refractivity (Wildman–Crippen MR) is 249 cm³/mol. The number of hydrogen-bond acceptors (Lipinski definition) is 6. The molecule has 6 aromatic carbocycles. The molecule has 60 heavy (non-hydrogen) atoms. The van der Waals surface area contributed by atoms with Crippen LogP contribution >= 0.6 is 0 Å². The van der Waals surface area contributed by atoms with Crippen molar-refractivity contribution in [3.63, 3.8) is 0 Å². The molecule has 13 rings (SSSR count). The molecule has 7 heterocycles. The van der Waals surface area contributed by atoms with Gasteiger partial charge in [0.25, 0.3) is 0 Å². The zero-order valence-corrected chi connectivity index (χ0v) is 32.5. The van der Waals surface area contributed by atoms with Crippen LogP contribution in [0.3, 0.4) is 0 Å². The van der Waals surface area contributed by atoms with Gasteiger partial charge in [0.1, 0.15) is 0 Å². The van der Waals surface area contributed by atoms with Gasteiger partial charge in [0, 0.05) is 81.4 Å². The fourth-order valence-corrected chi connectivity index (χ4v) is 10.4. The third-order valence-corrected chi connectivity index (χ3v) is 12.9. The van der Waals surface area contributed by atoms with Crippen LogP contribution < -0.4 is 30.6 Å². The second kappa shape index (κ2) is 12.9. The topological polar surface area (TPSA) is 48.4 Å². The van der Waals surface area contributed by atoms with Crippen molar-refractivity contribution in [1.29, 1.82) is 0 Å². The smallest absolute Gasteiger partial charge is 0.389 e. The minimum absolute atomic E-state index is 0.172. The summed E-state index contributed by atoms with van der Waals surface area (Å²) in [5.41, 5.74) is 21.3. The number of aromatic nitrogens is 3. The van der Waals surface area contributed by atoms with Crippen LogP contribution in [-0.4, -0.2) is 35.9 Å². The van der Waals surface area contributed by atoms with E-state index in [1.165, 1.54) is 66.8 Å². The highest BCUT2D eigenvalue weighted by Crippen LogP contribution is 2.50. The van der Waals surface area contributed by atoms with E-state index in [9.17, 15) is 0 Å². The lowest BCUT2D eigenvalue weighted by atomic mass is 9.34. The molecule has 9 aromatic rings. The molecule has 0 N–H and O–H groups in total. The minimum Gasteiger partial charge on any atom is -0.416 e. The molecule has 1 saturated heterocycles. The summed E-state index contributed by atoms with van der Waals surface area (Å²) in [5, 5.41) is 0. The van der Waals surface area contributed by atoms with Crippen molar-refractivity contribution in [2.24, 2.45) is 0 Å². The second-order valence-electron chi connectivity index (χ2n) is 16.0. The van der Waals surface area contributed by atoms with Crippen LogP contribution in [0.1, 0.15) is 0 Å². The molecule has 4 aliphatic rings. The quantitative estimate of drug-likeness (QED) is 0.168. The van der Waals surface area contributed by atoms with Gasteiger partial charge in [0.15, 0.2) is 0 Å². The molecule has 4 aliphatic heterocycles. The number of anilines is 3. The van der Waals surface area contributed by atoms with Gasteiger partial charge >= 0.3 is 20.9 Å². The Balaban J connectivity index is 1.16. The zero-order valence-electron chi connectivity index (χ0n) is 32.5. The summed E-state index contributed by atoms with van der Waals surface area (Å²) in [7, 11) is 0. The maximum Gasteiger partial charge on any atom is 0.389 e. The number of nitrogens with zero attached hydrogens (tertiary/aromatic N) is 6. The molecule has 0 amide bonds. The Labute approximate surface area is 349 Å². The number of benzene rings is 6. The summed E-state index contributed by atoms with van der Waals surface area (Å²) in [5.74, 6) is 0. The monoisotopic (exact) mass is 762 g/mol. The normalized spacial score (nSPS) is 13.8. The van der Waals surface area contributed by atoms with E-state index >= 15 is 0 Å². The molecule has 0 saturated carbocycles. The van der Waals surface area contributed by atoms with Crippen molar-refractivity contribution >= 4 is 54.4 Å². The average molecular weight is 762 g/mol. The second-order valence-corrected chi connectivity index (χ2v) is 16.0. The Kier molecular flexibility index (Phi) is 7.19. The first-order valence-electron chi connectivity index (χ1n) is 20.6. The SMILES string of the molecule is c1ccc(-c2ccc3c(c2)N2B(c4ccccc4-3)N3B(c4ccccc4-c4ccc(-c5cccnc5)cc43)N3B2c2ccccc2-c2ccc(-c4cccnc4)cc23)nc1. The fraction of sp³-hybridized carbons (Fsp3) is 0. The highest BCUT2D eigenvalue weighted by molar-refractivity contribution is 7.16. The van der Waals surface area contributed by atoms with Gasteiger partial charge in [-0.3, -0.25) is 15.0 Å². The Morgan fingerprint density at radius 1 is 0.317 bits per heavy atom. The Morgan fingerprint density at radius 2 is 0.733 bits per heavy atom. The van der Waals surface area contributed by atoms with E-state index < -0.39 is 0 Å². The van der Waals surface area contributed by atoms with Crippen LogP contribution in [-0.2, 0) is 0 Å². The van der Waals surface area contributed by atoms with Gasteiger partial charge in [-0.05, 0) is 86.7 Å². The fourth-order valence-electron chi connectivity index (χ4n) is 10.4. The Hall–Kier alpha value is -7.64. The van der Waals surface area contributed by atoms with Crippen molar-refractivity contribution in [2.75, 3.05) is 14.2 Å². The van der Waals surface area contributed by atoms with E-state index in [4.69, 9.17) is 4.98 Å². The molecule has 0 spiro atoms. The Bertz CT molecular complexity index is 2810. The van der Waals surface area contributed by atoms with E-state index in [0.717, 1.165) is 33.5 Å². The molecule has 0 unspecified atom stereocenters. The molecule has 0 bridgehead atoms. The van der Waals surface area contributed by atoms with Crippen molar-refractivity contribution in [3.8, 4) is 66.9 Å². The van der Waals surface area contributed by atoms with E-state index in [1.807, 2.05) is 49.2 Å². The van der Waals surface area contributed by atoms with Gasteiger partial charge in [0.05, 0.1) is 5.69 Å². The maximum absolute atomic E-state index is 4.84. The standard InChI is InChI=1S/C51H33B3N6/c1-4-16-45-39(13-1)42-23-20-34(37-11-9-26-55-32-37)29-49(42)59-52(45)58-50-30-35(38-12-10-27-56-33-38)21-24-43(50)40-14-2-5-17-46(40)53(58)60-51-31-36(48-19-7-8-28-57-48)22-25-44(51)41-15-3-6-18-47(41)54(59)60/h1-33H. The average Bonchev–Trinajstić information content (AvgIpc) is 3.34. The molecule has 0 atom stereocenters. The van der Waals surface area contributed by atoms with E-state index in [-0.39, 0.29) is 20.9 Å². The van der Waals surface area contributed by atoms with Crippen LogP contribution in [0.4, 0.5) is 17.1 Å². The van der Waals surface area contributed by atoms with Gasteiger partial charge in [-0.15, -0.1) is 0 Å². The van der Waals surface area contributed by atoms with Gasteiger partial charge in [-0.2, -0.15) is 0 Å². The molecule has 1 fully saturated rings. The molecule has 0 radical (unpaired) electrons. The molecule has 0 aliphatic carbocycles. The summed E-state index contributed by atoms with van der Waals surface area (Å²) < 4.78 is 8.16. The minimum atomic E-state index is -0.175. The molecular formula is C51H33B3N6. The van der Waals surface area contributed by atoms with E-state index in [0.29, 0.717) is 0 Å². The first-order chi connectivity index (χ1) is 29.8. The molecular weight excluding hydrogens is 729 g/mol. The number of rotatable bonds is 3. The van der Waals surface area contributed by atoms with Crippen molar-refractivity contribution in [3.05, 3.63) is 201 Å². The first-order valence-corrected chi connectivity index (χ1v) is 20.6. The van der Waals surface area contributed by atoms with Crippen LogP contribution in [0.15, 0.2) is 201 Å². The lowest BCUT2D eigenvalue weighted by Crippen LogP contribution is -2.88. The third-order valence-electron chi connectivity index (χ3n) is 12.9. The van der Waals surface area contributed by atoms with Crippen LogP contribution in [0.5, 0.6) is 0 Å². The largest absolute Gasteiger partial charge is 0.416 e. The molecule has 6 nitrogen and oxygen atoms in total. The van der Waals surface area contributed by atoms with Crippen molar-refractivity contribution in [1.82, 2.24) is 15.0 Å². The molecule has 9 heteroatoms. The van der Waals surface area contributed by atoms with E-state index in [1.54, 1.807) is 0 Å². The van der Waals surface area contributed by atoms with Gasteiger partial charge in [-0.1, -0.05) is 127 Å². The number of hydrogen-bond donors (Lipinski definition) is 0. The predicted octanol–water partition coefficient (Wildman–Crippen LogP) is 8.83. The number of pyridine rings is 3. The van der Waals surface area contributed by atoms with Gasteiger partial charge in [-0.25, -0.2) is 0 Å². The summed E-state index contributed by atoms with van der Waals surface area (Å²) in [6, 6.07) is 62.6.